The van der Waals surface area contributed by atoms with Gasteiger partial charge in [0.1, 0.15) is 6.04 Å². The average Bonchev–Trinajstić information content (AvgIpc) is 3.42. The molecule has 0 radical (unpaired) electrons. The van der Waals surface area contributed by atoms with Crippen LogP contribution in [0.5, 0.6) is 0 Å². The third kappa shape index (κ3) is 5.06. The van der Waals surface area contributed by atoms with Crippen LogP contribution in [0.15, 0.2) is 53.0 Å². The van der Waals surface area contributed by atoms with Gasteiger partial charge in [0, 0.05) is 27.5 Å². The van der Waals surface area contributed by atoms with E-state index in [-0.39, 0.29) is 17.7 Å². The van der Waals surface area contributed by atoms with Gasteiger partial charge >= 0.3 is 0 Å². The highest BCUT2D eigenvalue weighted by molar-refractivity contribution is 9.10. The summed E-state index contributed by atoms with van der Waals surface area (Å²) in [6.07, 6.45) is 1.94. The minimum atomic E-state index is -0.418. The molecule has 0 aliphatic heterocycles. The lowest BCUT2D eigenvalue weighted by atomic mass is 10.2. The summed E-state index contributed by atoms with van der Waals surface area (Å²) in [5.74, 6) is 0.0974. The molecule has 1 saturated carbocycles. The molecule has 2 aromatic carbocycles. The molecule has 25 heavy (non-hydrogen) atoms. The largest absolute Gasteiger partial charge is 0.374 e. The topological polar surface area (TPSA) is 70.2 Å². The maximum atomic E-state index is 12.3. The number of nitrogens with one attached hydrogen (secondary N) is 3. The number of hydrogen-bond donors (Lipinski definition) is 3. The third-order valence-electron chi connectivity index (χ3n) is 3.97. The monoisotopic (exact) mass is 401 g/mol. The molecule has 3 rings (SSSR count). The first-order chi connectivity index (χ1) is 12.0. The van der Waals surface area contributed by atoms with E-state index in [1.54, 1.807) is 6.92 Å². The Kier molecular flexibility index (Phi) is 5.38. The van der Waals surface area contributed by atoms with Crippen LogP contribution in [-0.2, 0) is 9.59 Å². The van der Waals surface area contributed by atoms with Gasteiger partial charge in [-0.1, -0.05) is 22.0 Å². The van der Waals surface area contributed by atoms with Crippen LogP contribution < -0.4 is 16.0 Å². The Morgan fingerprint density at radius 3 is 2.36 bits per heavy atom. The summed E-state index contributed by atoms with van der Waals surface area (Å²) in [6, 6.07) is 14.4. The van der Waals surface area contributed by atoms with Crippen molar-refractivity contribution < 1.29 is 9.59 Å². The number of carbonyl (C=O) groups is 2. The van der Waals surface area contributed by atoms with Crippen molar-refractivity contribution in [1.82, 2.24) is 0 Å². The van der Waals surface area contributed by atoms with Gasteiger partial charge in [-0.3, -0.25) is 9.59 Å². The van der Waals surface area contributed by atoms with Crippen molar-refractivity contribution in [3.63, 3.8) is 0 Å². The van der Waals surface area contributed by atoms with Crippen molar-refractivity contribution in [2.24, 2.45) is 5.92 Å². The lowest BCUT2D eigenvalue weighted by Gasteiger charge is -2.16. The Bertz CT molecular complexity index is 772. The van der Waals surface area contributed by atoms with Gasteiger partial charge < -0.3 is 16.0 Å². The van der Waals surface area contributed by atoms with E-state index in [1.165, 1.54) is 0 Å². The second kappa shape index (κ2) is 7.70. The van der Waals surface area contributed by atoms with Crippen LogP contribution in [0.1, 0.15) is 19.8 Å². The maximum absolute atomic E-state index is 12.3. The van der Waals surface area contributed by atoms with Gasteiger partial charge in [0.15, 0.2) is 0 Å². The molecule has 0 spiro atoms. The predicted octanol–water partition coefficient (Wildman–Crippen LogP) is 4.24. The van der Waals surface area contributed by atoms with Crippen molar-refractivity contribution in [2.75, 3.05) is 16.0 Å². The number of amides is 2. The fraction of sp³-hybridized carbons (Fsp3) is 0.263. The van der Waals surface area contributed by atoms with Crippen molar-refractivity contribution in [2.45, 2.75) is 25.8 Å². The zero-order valence-electron chi connectivity index (χ0n) is 13.9. The molecule has 2 amide bonds. The van der Waals surface area contributed by atoms with E-state index in [0.29, 0.717) is 0 Å². The van der Waals surface area contributed by atoms with Crippen LogP contribution >= 0.6 is 15.9 Å². The van der Waals surface area contributed by atoms with Crippen molar-refractivity contribution in [3.05, 3.63) is 53.0 Å². The molecule has 0 heterocycles. The van der Waals surface area contributed by atoms with Crippen molar-refractivity contribution >= 4 is 44.8 Å². The van der Waals surface area contributed by atoms with Crippen LogP contribution in [0.3, 0.4) is 0 Å². The number of hydrogen-bond acceptors (Lipinski definition) is 3. The summed E-state index contributed by atoms with van der Waals surface area (Å²) in [7, 11) is 0. The van der Waals surface area contributed by atoms with Gasteiger partial charge in [-0.15, -0.1) is 0 Å². The highest BCUT2D eigenvalue weighted by Crippen LogP contribution is 2.30. The Labute approximate surface area is 155 Å². The number of anilines is 3. The summed E-state index contributed by atoms with van der Waals surface area (Å²) < 4.78 is 0.960. The molecule has 2 aromatic rings. The molecule has 1 fully saturated rings. The molecular formula is C19H20BrN3O2. The van der Waals surface area contributed by atoms with E-state index in [9.17, 15) is 9.59 Å². The first-order valence-electron chi connectivity index (χ1n) is 8.25. The molecule has 130 valence electrons. The lowest BCUT2D eigenvalue weighted by molar-refractivity contribution is -0.117. The van der Waals surface area contributed by atoms with Crippen molar-refractivity contribution in [3.8, 4) is 0 Å². The molecule has 1 unspecified atom stereocenters. The molecule has 1 aliphatic rings. The molecular weight excluding hydrogens is 382 g/mol. The van der Waals surface area contributed by atoms with Crippen LogP contribution in [-0.4, -0.2) is 17.9 Å². The van der Waals surface area contributed by atoms with E-state index in [2.05, 4.69) is 31.9 Å². The average molecular weight is 402 g/mol. The van der Waals surface area contributed by atoms with Gasteiger partial charge in [0.25, 0.3) is 0 Å². The van der Waals surface area contributed by atoms with Gasteiger partial charge in [-0.05, 0) is 62.2 Å². The number of rotatable bonds is 6. The second-order valence-corrected chi connectivity index (χ2v) is 7.12. The third-order valence-corrected chi connectivity index (χ3v) is 4.50. The first-order valence-corrected chi connectivity index (χ1v) is 9.04. The maximum Gasteiger partial charge on any atom is 0.246 e. The predicted molar refractivity (Wildman–Crippen MR) is 104 cm³/mol. The second-order valence-electron chi connectivity index (χ2n) is 6.21. The van der Waals surface area contributed by atoms with E-state index in [4.69, 9.17) is 0 Å². The Balaban J connectivity index is 1.57. The van der Waals surface area contributed by atoms with E-state index < -0.39 is 6.04 Å². The molecule has 6 heteroatoms. The van der Waals surface area contributed by atoms with Gasteiger partial charge in [0.05, 0.1) is 0 Å². The lowest BCUT2D eigenvalue weighted by Crippen LogP contribution is -2.31. The van der Waals surface area contributed by atoms with Crippen LogP contribution in [0.2, 0.25) is 0 Å². The highest BCUT2D eigenvalue weighted by Gasteiger charge is 2.29. The molecule has 1 aliphatic carbocycles. The number of halogens is 1. The summed E-state index contributed by atoms with van der Waals surface area (Å²) in [6.45, 7) is 1.80. The fourth-order valence-corrected chi connectivity index (χ4v) is 2.64. The first kappa shape index (κ1) is 17.5. The van der Waals surface area contributed by atoms with E-state index in [0.717, 1.165) is 34.4 Å². The van der Waals surface area contributed by atoms with Crippen molar-refractivity contribution in [1.29, 1.82) is 0 Å². The summed E-state index contributed by atoms with van der Waals surface area (Å²) in [5, 5.41) is 8.93. The minimum absolute atomic E-state index is 0.0678. The molecule has 5 nitrogen and oxygen atoms in total. The Morgan fingerprint density at radius 1 is 1.00 bits per heavy atom. The summed E-state index contributed by atoms with van der Waals surface area (Å²) >= 11 is 3.37. The zero-order valence-corrected chi connectivity index (χ0v) is 15.5. The van der Waals surface area contributed by atoms with E-state index >= 15 is 0 Å². The standard InChI is InChI=1S/C19H20BrN3O2/c1-12(18(24)22-15-9-7-14(20)8-10-15)21-16-3-2-4-17(11-16)23-19(25)13-5-6-13/h2-4,7-13,21H,5-6H2,1H3,(H,22,24)(H,23,25). The smallest absolute Gasteiger partial charge is 0.246 e. The van der Waals surface area contributed by atoms with E-state index in [1.807, 2.05) is 48.5 Å². The zero-order chi connectivity index (χ0) is 17.8. The fourth-order valence-electron chi connectivity index (χ4n) is 2.38. The van der Waals surface area contributed by atoms with Crippen LogP contribution in [0.4, 0.5) is 17.1 Å². The van der Waals surface area contributed by atoms with Gasteiger partial charge in [-0.25, -0.2) is 0 Å². The minimum Gasteiger partial charge on any atom is -0.374 e. The SMILES string of the molecule is CC(Nc1cccc(NC(=O)C2CC2)c1)C(=O)Nc1ccc(Br)cc1. The molecule has 0 bridgehead atoms. The van der Waals surface area contributed by atoms with Crippen LogP contribution in [0.25, 0.3) is 0 Å². The van der Waals surface area contributed by atoms with Gasteiger partial charge in [0.2, 0.25) is 11.8 Å². The Morgan fingerprint density at radius 2 is 1.68 bits per heavy atom. The number of benzene rings is 2. The molecule has 3 N–H and O–H groups in total. The molecule has 0 saturated heterocycles. The van der Waals surface area contributed by atoms with Crippen LogP contribution in [0, 0.1) is 5.92 Å². The normalized spacial score (nSPS) is 14.5. The Hall–Kier alpha value is -2.34. The quantitative estimate of drug-likeness (QED) is 0.677. The highest BCUT2D eigenvalue weighted by atomic mass is 79.9. The summed E-state index contributed by atoms with van der Waals surface area (Å²) in [5.41, 5.74) is 2.27. The molecule has 1 atom stereocenters. The number of carbonyl (C=O) groups excluding carboxylic acids is 2. The molecule has 0 aromatic heterocycles. The summed E-state index contributed by atoms with van der Waals surface area (Å²) in [4.78, 5) is 24.2. The van der Waals surface area contributed by atoms with Gasteiger partial charge in [-0.2, -0.15) is 0 Å².